The molecule has 1 heterocycles. The molecular formula is C12H13AlCl2N2O2. The fourth-order valence-corrected chi connectivity index (χ4v) is 2.21. The van der Waals surface area contributed by atoms with Crippen molar-refractivity contribution in [3.05, 3.63) is 45.1 Å². The molecule has 0 unspecified atom stereocenters. The minimum Gasteiger partial charge on any atom is -0.493 e. The van der Waals surface area contributed by atoms with Crippen molar-refractivity contribution in [3.8, 4) is 5.88 Å². The molecular weight excluding hydrogens is 302 g/mol. The SMILES string of the molecule is Cc1nn(C)c(O)c1C(=O)c1ccc(Cl)cc1Cl.[AlH3]. The number of hydrogen-bond acceptors (Lipinski definition) is 3. The van der Waals surface area contributed by atoms with Crippen molar-refractivity contribution < 1.29 is 9.90 Å². The van der Waals surface area contributed by atoms with Crippen LogP contribution >= 0.6 is 23.2 Å². The Balaban J connectivity index is 0.00000180. The molecule has 0 bridgehead atoms. The highest BCUT2D eigenvalue weighted by Crippen LogP contribution is 2.28. The summed E-state index contributed by atoms with van der Waals surface area (Å²) in [4.78, 5) is 12.3. The Morgan fingerprint density at radius 3 is 2.47 bits per heavy atom. The van der Waals surface area contributed by atoms with Crippen LogP contribution in [0.4, 0.5) is 0 Å². The number of aromatic nitrogens is 2. The first-order valence-corrected chi connectivity index (χ1v) is 5.89. The van der Waals surface area contributed by atoms with E-state index in [1.165, 1.54) is 16.8 Å². The number of hydrogen-bond donors (Lipinski definition) is 1. The molecule has 100 valence electrons. The third-order valence-electron chi connectivity index (χ3n) is 2.59. The van der Waals surface area contributed by atoms with Gasteiger partial charge in [-0.15, -0.1) is 0 Å². The van der Waals surface area contributed by atoms with Crippen LogP contribution in [0.3, 0.4) is 0 Å². The van der Waals surface area contributed by atoms with E-state index < -0.39 is 0 Å². The number of halogens is 2. The molecule has 7 heteroatoms. The van der Waals surface area contributed by atoms with E-state index in [9.17, 15) is 9.90 Å². The van der Waals surface area contributed by atoms with Gasteiger partial charge in [-0.3, -0.25) is 4.79 Å². The van der Waals surface area contributed by atoms with E-state index in [2.05, 4.69) is 5.10 Å². The summed E-state index contributed by atoms with van der Waals surface area (Å²) < 4.78 is 1.24. The summed E-state index contributed by atoms with van der Waals surface area (Å²) in [6.45, 7) is 1.65. The van der Waals surface area contributed by atoms with Gasteiger partial charge in [-0.05, 0) is 25.1 Å². The lowest BCUT2D eigenvalue weighted by molar-refractivity contribution is 0.103. The van der Waals surface area contributed by atoms with Gasteiger partial charge >= 0.3 is 0 Å². The zero-order valence-electron chi connectivity index (χ0n) is 9.74. The highest BCUT2D eigenvalue weighted by Gasteiger charge is 2.22. The van der Waals surface area contributed by atoms with Gasteiger partial charge in [-0.25, -0.2) is 4.68 Å². The summed E-state index contributed by atoms with van der Waals surface area (Å²) >= 11 is 11.7. The molecule has 0 fully saturated rings. The van der Waals surface area contributed by atoms with E-state index in [-0.39, 0.29) is 45.2 Å². The molecule has 1 aromatic carbocycles. The van der Waals surface area contributed by atoms with Gasteiger partial charge in [0, 0.05) is 17.6 Å². The molecule has 0 saturated heterocycles. The van der Waals surface area contributed by atoms with E-state index in [4.69, 9.17) is 23.2 Å². The van der Waals surface area contributed by atoms with Gasteiger partial charge in [0.1, 0.15) is 5.56 Å². The van der Waals surface area contributed by atoms with Crippen molar-refractivity contribution >= 4 is 46.3 Å². The number of nitrogens with zero attached hydrogens (tertiary/aromatic N) is 2. The van der Waals surface area contributed by atoms with Crippen LogP contribution in [0.5, 0.6) is 5.88 Å². The van der Waals surface area contributed by atoms with Gasteiger partial charge in [-0.1, -0.05) is 23.2 Å². The summed E-state index contributed by atoms with van der Waals surface area (Å²) in [6.07, 6.45) is 0. The average Bonchev–Trinajstić information content (AvgIpc) is 2.52. The summed E-state index contributed by atoms with van der Waals surface area (Å²) in [5, 5.41) is 14.5. The number of carbonyl (C=O) groups is 1. The maximum atomic E-state index is 12.3. The second-order valence-electron chi connectivity index (χ2n) is 3.86. The van der Waals surface area contributed by atoms with E-state index >= 15 is 0 Å². The van der Waals surface area contributed by atoms with E-state index in [0.717, 1.165) is 0 Å². The van der Waals surface area contributed by atoms with Gasteiger partial charge in [0.2, 0.25) is 11.7 Å². The molecule has 0 amide bonds. The van der Waals surface area contributed by atoms with Crippen LogP contribution < -0.4 is 0 Å². The zero-order chi connectivity index (χ0) is 13.4. The van der Waals surface area contributed by atoms with Crippen LogP contribution in [0.15, 0.2) is 18.2 Å². The van der Waals surface area contributed by atoms with Crippen LogP contribution in [0.1, 0.15) is 21.6 Å². The highest BCUT2D eigenvalue weighted by atomic mass is 35.5. The molecule has 0 aliphatic rings. The minimum absolute atomic E-state index is 0. The second-order valence-corrected chi connectivity index (χ2v) is 4.70. The van der Waals surface area contributed by atoms with Gasteiger partial charge < -0.3 is 5.11 Å². The lowest BCUT2D eigenvalue weighted by atomic mass is 10.0. The Labute approximate surface area is 131 Å². The monoisotopic (exact) mass is 314 g/mol. The van der Waals surface area contributed by atoms with Crippen molar-refractivity contribution in [3.63, 3.8) is 0 Å². The molecule has 1 aromatic heterocycles. The number of aromatic hydroxyl groups is 1. The minimum atomic E-state index is -0.375. The Morgan fingerprint density at radius 1 is 1.37 bits per heavy atom. The molecule has 0 spiro atoms. The topological polar surface area (TPSA) is 55.1 Å². The maximum Gasteiger partial charge on any atom is 0.220 e. The molecule has 4 nitrogen and oxygen atoms in total. The number of aryl methyl sites for hydroxylation is 2. The van der Waals surface area contributed by atoms with Gasteiger partial charge in [0.05, 0.1) is 10.7 Å². The molecule has 19 heavy (non-hydrogen) atoms. The molecule has 2 aromatic rings. The van der Waals surface area contributed by atoms with Crippen LogP contribution in [-0.2, 0) is 7.05 Å². The van der Waals surface area contributed by atoms with Crippen molar-refractivity contribution in [2.24, 2.45) is 7.05 Å². The van der Waals surface area contributed by atoms with E-state index in [1.54, 1.807) is 20.0 Å². The molecule has 0 aliphatic heterocycles. The first-order valence-electron chi connectivity index (χ1n) is 5.14. The van der Waals surface area contributed by atoms with Crippen LogP contribution in [0, 0.1) is 6.92 Å². The van der Waals surface area contributed by atoms with Crippen molar-refractivity contribution in [1.82, 2.24) is 9.78 Å². The molecule has 0 saturated carbocycles. The maximum absolute atomic E-state index is 12.3. The molecule has 0 atom stereocenters. The Kier molecular flexibility index (Phi) is 5.06. The standard InChI is InChI=1S/C12H10Cl2N2O2.Al.3H/c1-6-10(12(18)16(2)15-6)11(17)8-4-3-7(13)5-9(8)14;;;;/h3-5,18H,1-2H3;;;;. The van der Waals surface area contributed by atoms with E-state index in [1.807, 2.05) is 0 Å². The van der Waals surface area contributed by atoms with Crippen LogP contribution in [-0.4, -0.2) is 38.0 Å². The van der Waals surface area contributed by atoms with E-state index in [0.29, 0.717) is 10.7 Å². The zero-order valence-corrected chi connectivity index (χ0v) is 11.2. The summed E-state index contributed by atoms with van der Waals surface area (Å²) in [7, 11) is 1.56. The Hall–Kier alpha value is -0.988. The number of benzene rings is 1. The van der Waals surface area contributed by atoms with Crippen molar-refractivity contribution in [2.45, 2.75) is 6.92 Å². The summed E-state index contributed by atoms with van der Waals surface area (Å²) in [5.41, 5.74) is 0.889. The normalized spacial score (nSPS) is 10.1. The van der Waals surface area contributed by atoms with Crippen molar-refractivity contribution in [1.29, 1.82) is 0 Å². The average molecular weight is 315 g/mol. The fourth-order valence-electron chi connectivity index (χ4n) is 1.72. The van der Waals surface area contributed by atoms with Crippen molar-refractivity contribution in [2.75, 3.05) is 0 Å². The Morgan fingerprint density at radius 2 is 2.00 bits per heavy atom. The third kappa shape index (κ3) is 2.96. The lowest BCUT2D eigenvalue weighted by Crippen LogP contribution is -2.03. The fraction of sp³-hybridized carbons (Fsp3) is 0.167. The highest BCUT2D eigenvalue weighted by molar-refractivity contribution is 6.37. The predicted molar refractivity (Wildman–Crippen MR) is 79.4 cm³/mol. The van der Waals surface area contributed by atoms with Crippen LogP contribution in [0.2, 0.25) is 10.0 Å². The predicted octanol–water partition coefficient (Wildman–Crippen LogP) is 1.79. The third-order valence-corrected chi connectivity index (χ3v) is 3.14. The molecule has 0 aliphatic carbocycles. The first kappa shape index (κ1) is 16.1. The van der Waals surface area contributed by atoms with Gasteiger partial charge in [0.15, 0.2) is 17.4 Å². The number of carbonyl (C=O) groups excluding carboxylic acids is 1. The smallest absolute Gasteiger partial charge is 0.220 e. The first-order chi connectivity index (χ1) is 8.41. The molecule has 0 radical (unpaired) electrons. The largest absolute Gasteiger partial charge is 0.493 e. The molecule has 2 rings (SSSR count). The quantitative estimate of drug-likeness (QED) is 0.679. The Bertz CT molecular complexity index is 641. The van der Waals surface area contributed by atoms with Crippen LogP contribution in [0.25, 0.3) is 0 Å². The van der Waals surface area contributed by atoms with Gasteiger partial charge in [0.25, 0.3) is 0 Å². The summed E-state index contributed by atoms with van der Waals surface area (Å²) in [5.74, 6) is -0.553. The number of rotatable bonds is 2. The molecule has 1 N–H and O–H groups in total. The second kappa shape index (κ2) is 5.98. The summed E-state index contributed by atoms with van der Waals surface area (Å²) in [6, 6.07) is 4.58. The lowest BCUT2D eigenvalue weighted by Gasteiger charge is -2.03. The number of ketones is 1. The van der Waals surface area contributed by atoms with Gasteiger partial charge in [-0.2, -0.15) is 5.10 Å².